The lowest BCUT2D eigenvalue weighted by Gasteiger charge is -2.18. The molecule has 2 aromatic rings. The third-order valence-electron chi connectivity index (χ3n) is 5.17. The van der Waals surface area contributed by atoms with Gasteiger partial charge >= 0.3 is 0 Å². The fraction of sp³-hybridized carbons (Fsp3) is 0.417. The van der Waals surface area contributed by atoms with Gasteiger partial charge in [0.15, 0.2) is 0 Å². The molecule has 26 heavy (non-hydrogen) atoms. The lowest BCUT2D eigenvalue weighted by Crippen LogP contribution is -2.19. The monoisotopic (exact) mass is 346 g/mol. The van der Waals surface area contributed by atoms with E-state index in [-0.39, 0.29) is 0 Å². The molecule has 1 saturated carbocycles. The first-order valence-electron chi connectivity index (χ1n) is 9.66. The summed E-state index contributed by atoms with van der Waals surface area (Å²) in [7, 11) is 0. The number of rotatable bonds is 2. The van der Waals surface area contributed by atoms with E-state index in [1.807, 2.05) is 0 Å². The molecule has 2 aromatic carbocycles. The minimum absolute atomic E-state index is 1.02. The van der Waals surface area contributed by atoms with Crippen molar-refractivity contribution in [2.45, 2.75) is 67.2 Å². The molecule has 0 N–H and O–H groups in total. The van der Waals surface area contributed by atoms with Crippen LogP contribution < -0.4 is 0 Å². The smallest absolute Gasteiger partial charge is 0.0692 e. The van der Waals surface area contributed by atoms with Crippen molar-refractivity contribution in [3.05, 3.63) is 57.6 Å². The van der Waals surface area contributed by atoms with Crippen LogP contribution in [0.5, 0.6) is 0 Å². The highest BCUT2D eigenvalue weighted by Gasteiger charge is 2.17. The van der Waals surface area contributed by atoms with Gasteiger partial charge < -0.3 is 0 Å². The van der Waals surface area contributed by atoms with Crippen LogP contribution >= 0.6 is 0 Å². The third kappa shape index (κ3) is 3.95. The molecule has 1 aliphatic rings. The standard InChI is InChI=1S/C24H30N2/c1-15-11-17(3)23(18(4)12-15)25-21-9-7-8-10-22(21)26-24-19(5)13-16(2)14-20(24)6/h11-14H,7-10H2,1-6H3. The van der Waals surface area contributed by atoms with Crippen molar-refractivity contribution in [2.24, 2.45) is 9.98 Å². The Balaban J connectivity index is 2.07. The molecule has 1 fully saturated rings. The lowest BCUT2D eigenvalue weighted by molar-refractivity contribution is 0.776. The van der Waals surface area contributed by atoms with Gasteiger partial charge in [-0.2, -0.15) is 0 Å². The largest absolute Gasteiger partial charge is 0.251 e. The van der Waals surface area contributed by atoms with E-state index < -0.39 is 0 Å². The van der Waals surface area contributed by atoms with Crippen molar-refractivity contribution in [3.8, 4) is 0 Å². The zero-order chi connectivity index (χ0) is 18.8. The molecule has 2 nitrogen and oxygen atoms in total. The van der Waals surface area contributed by atoms with E-state index in [4.69, 9.17) is 9.98 Å². The van der Waals surface area contributed by atoms with E-state index in [9.17, 15) is 0 Å². The first-order valence-corrected chi connectivity index (χ1v) is 9.66. The molecule has 0 aromatic heterocycles. The molecule has 0 heterocycles. The van der Waals surface area contributed by atoms with Gasteiger partial charge in [-0.25, -0.2) is 0 Å². The Labute approximate surface area is 158 Å². The molecule has 1 aliphatic carbocycles. The Hall–Kier alpha value is -2.22. The maximum Gasteiger partial charge on any atom is 0.0692 e. The molecule has 0 unspecified atom stereocenters. The van der Waals surface area contributed by atoms with E-state index >= 15 is 0 Å². The first kappa shape index (κ1) is 18.6. The molecule has 0 spiro atoms. The fourth-order valence-corrected chi connectivity index (χ4v) is 4.08. The highest BCUT2D eigenvalue weighted by molar-refractivity contribution is 6.43. The third-order valence-corrected chi connectivity index (χ3v) is 5.17. The molecule has 0 saturated heterocycles. The van der Waals surface area contributed by atoms with Gasteiger partial charge in [0, 0.05) is 0 Å². The van der Waals surface area contributed by atoms with Crippen LogP contribution in [0.2, 0.25) is 0 Å². The Kier molecular flexibility index (Phi) is 5.41. The van der Waals surface area contributed by atoms with Crippen LogP contribution in [0.3, 0.4) is 0 Å². The van der Waals surface area contributed by atoms with Gasteiger partial charge in [-0.3, -0.25) is 9.98 Å². The molecule has 0 atom stereocenters. The Morgan fingerprint density at radius 3 is 1.15 bits per heavy atom. The summed E-state index contributed by atoms with van der Waals surface area (Å²) in [6, 6.07) is 8.89. The van der Waals surface area contributed by atoms with E-state index in [1.54, 1.807) is 0 Å². The van der Waals surface area contributed by atoms with Crippen LogP contribution in [0.4, 0.5) is 11.4 Å². The normalized spacial score (nSPS) is 17.9. The summed E-state index contributed by atoms with van der Waals surface area (Å²) < 4.78 is 0. The van der Waals surface area contributed by atoms with Crippen molar-refractivity contribution >= 4 is 22.8 Å². The summed E-state index contributed by atoms with van der Waals surface area (Å²) in [5.74, 6) is 0. The van der Waals surface area contributed by atoms with Gasteiger partial charge in [-0.05, 0) is 89.5 Å². The number of aryl methyl sites for hydroxylation is 6. The Morgan fingerprint density at radius 1 is 0.538 bits per heavy atom. The molecule has 2 heteroatoms. The maximum absolute atomic E-state index is 5.10. The van der Waals surface area contributed by atoms with Crippen LogP contribution in [-0.4, -0.2) is 11.4 Å². The summed E-state index contributed by atoms with van der Waals surface area (Å²) in [4.78, 5) is 10.2. The highest BCUT2D eigenvalue weighted by atomic mass is 14.8. The van der Waals surface area contributed by atoms with Gasteiger partial charge in [-0.15, -0.1) is 0 Å². The van der Waals surface area contributed by atoms with E-state index in [1.165, 1.54) is 57.6 Å². The SMILES string of the molecule is Cc1cc(C)c(N=C2CCCCC2=Nc2c(C)cc(C)cc2C)c(C)c1. The molecule has 136 valence electrons. The van der Waals surface area contributed by atoms with Gasteiger partial charge in [0.2, 0.25) is 0 Å². The summed E-state index contributed by atoms with van der Waals surface area (Å²) in [6.07, 6.45) is 4.45. The molecular weight excluding hydrogens is 316 g/mol. The molecule has 0 amide bonds. The fourth-order valence-electron chi connectivity index (χ4n) is 4.08. The number of aliphatic imine (C=N–C) groups is 2. The molecule has 0 aliphatic heterocycles. The maximum atomic E-state index is 5.10. The van der Waals surface area contributed by atoms with Crippen LogP contribution in [0.15, 0.2) is 34.3 Å². The Bertz CT molecular complexity index is 779. The summed E-state index contributed by atoms with van der Waals surface area (Å²) >= 11 is 0. The lowest BCUT2D eigenvalue weighted by atomic mass is 9.95. The first-order chi connectivity index (χ1) is 12.3. The van der Waals surface area contributed by atoms with E-state index in [0.717, 1.165) is 24.2 Å². The average Bonchev–Trinajstić information content (AvgIpc) is 2.55. The predicted molar refractivity (Wildman–Crippen MR) is 114 cm³/mol. The Morgan fingerprint density at radius 2 is 0.846 bits per heavy atom. The number of nitrogens with zero attached hydrogens (tertiary/aromatic N) is 2. The van der Waals surface area contributed by atoms with Crippen molar-refractivity contribution < 1.29 is 0 Å². The van der Waals surface area contributed by atoms with Gasteiger partial charge in [0.1, 0.15) is 0 Å². The van der Waals surface area contributed by atoms with Crippen LogP contribution in [0.25, 0.3) is 0 Å². The molecule has 0 bridgehead atoms. The second-order valence-corrected chi connectivity index (χ2v) is 7.82. The van der Waals surface area contributed by atoms with Gasteiger partial charge in [-0.1, -0.05) is 35.4 Å². The average molecular weight is 347 g/mol. The van der Waals surface area contributed by atoms with Crippen LogP contribution in [0.1, 0.15) is 59.1 Å². The summed E-state index contributed by atoms with van der Waals surface area (Å²) in [6.45, 7) is 12.9. The molecule has 3 rings (SSSR count). The topological polar surface area (TPSA) is 24.7 Å². The van der Waals surface area contributed by atoms with Crippen molar-refractivity contribution in [1.29, 1.82) is 0 Å². The second kappa shape index (κ2) is 7.57. The summed E-state index contributed by atoms with van der Waals surface area (Å²) in [5, 5.41) is 0. The quantitative estimate of drug-likeness (QED) is 0.561. The molecule has 0 radical (unpaired) electrons. The van der Waals surface area contributed by atoms with Gasteiger partial charge in [0.25, 0.3) is 0 Å². The summed E-state index contributed by atoms with van der Waals surface area (Å²) in [5.41, 5.74) is 12.2. The van der Waals surface area contributed by atoms with Crippen molar-refractivity contribution in [3.63, 3.8) is 0 Å². The van der Waals surface area contributed by atoms with Crippen LogP contribution in [0, 0.1) is 41.5 Å². The highest BCUT2D eigenvalue weighted by Crippen LogP contribution is 2.30. The van der Waals surface area contributed by atoms with E-state index in [0.29, 0.717) is 0 Å². The zero-order valence-electron chi connectivity index (χ0n) is 17.0. The molecular formula is C24H30N2. The predicted octanol–water partition coefficient (Wildman–Crippen LogP) is 6.96. The zero-order valence-corrected chi connectivity index (χ0v) is 17.0. The van der Waals surface area contributed by atoms with Crippen LogP contribution in [-0.2, 0) is 0 Å². The number of hydrogen-bond donors (Lipinski definition) is 0. The van der Waals surface area contributed by atoms with E-state index in [2.05, 4.69) is 65.8 Å². The van der Waals surface area contributed by atoms with Gasteiger partial charge in [0.05, 0.1) is 22.8 Å². The van der Waals surface area contributed by atoms with Crippen molar-refractivity contribution in [1.82, 2.24) is 0 Å². The number of benzene rings is 2. The number of hydrogen-bond acceptors (Lipinski definition) is 2. The minimum Gasteiger partial charge on any atom is -0.251 e. The van der Waals surface area contributed by atoms with Crippen molar-refractivity contribution in [2.75, 3.05) is 0 Å². The minimum atomic E-state index is 1.02. The second-order valence-electron chi connectivity index (χ2n) is 7.82.